The molecule has 5 rings (SSSR count). The lowest BCUT2D eigenvalue weighted by atomic mass is 10.0. The number of aryl methyl sites for hydroxylation is 1. The van der Waals surface area contributed by atoms with Gasteiger partial charge in [0.25, 0.3) is 11.8 Å². The van der Waals surface area contributed by atoms with Gasteiger partial charge >= 0.3 is 0 Å². The number of hydrogen-bond acceptors (Lipinski definition) is 6. The maximum Gasteiger partial charge on any atom is 0.270 e. The van der Waals surface area contributed by atoms with Crippen molar-refractivity contribution < 1.29 is 9.59 Å². The molecule has 0 atom stereocenters. The number of anilines is 1. The third-order valence-corrected chi connectivity index (χ3v) is 7.62. The van der Waals surface area contributed by atoms with Crippen LogP contribution in [-0.2, 0) is 6.54 Å². The van der Waals surface area contributed by atoms with E-state index in [0.717, 1.165) is 45.6 Å². The molecule has 2 fully saturated rings. The molecule has 1 aromatic heterocycles. The minimum absolute atomic E-state index is 0.0485. The van der Waals surface area contributed by atoms with Gasteiger partial charge in [-0.2, -0.15) is 5.26 Å². The third-order valence-electron chi connectivity index (χ3n) is 7.62. The van der Waals surface area contributed by atoms with E-state index in [2.05, 4.69) is 57.4 Å². The topological polar surface area (TPSA) is 92.6 Å². The van der Waals surface area contributed by atoms with Crippen LogP contribution in [0, 0.1) is 18.3 Å². The molecule has 2 saturated heterocycles. The zero-order valence-electron chi connectivity index (χ0n) is 22.3. The number of carbonyl (C=O) groups excluding carboxylic acids is 2. The molecule has 200 valence electrons. The summed E-state index contributed by atoms with van der Waals surface area (Å²) in [7, 11) is 0. The van der Waals surface area contributed by atoms with Gasteiger partial charge in [0.05, 0.1) is 17.2 Å². The van der Waals surface area contributed by atoms with Crippen LogP contribution in [0.25, 0.3) is 0 Å². The van der Waals surface area contributed by atoms with E-state index in [9.17, 15) is 9.59 Å². The largest absolute Gasteiger partial charge is 0.368 e. The minimum atomic E-state index is -0.203. The smallest absolute Gasteiger partial charge is 0.270 e. The highest BCUT2D eigenvalue weighted by atomic mass is 16.2. The fourth-order valence-electron chi connectivity index (χ4n) is 5.20. The number of nitrogens with one attached hydrogen (secondary N) is 1. The van der Waals surface area contributed by atoms with Gasteiger partial charge < -0.3 is 15.1 Å². The highest BCUT2D eigenvalue weighted by Gasteiger charge is 2.24. The Morgan fingerprint density at radius 1 is 0.923 bits per heavy atom. The minimum Gasteiger partial charge on any atom is -0.368 e. The van der Waals surface area contributed by atoms with Gasteiger partial charge in [0, 0.05) is 63.7 Å². The van der Waals surface area contributed by atoms with Crippen molar-refractivity contribution >= 4 is 17.5 Å². The van der Waals surface area contributed by atoms with E-state index in [-0.39, 0.29) is 17.9 Å². The maximum absolute atomic E-state index is 13.0. The Morgan fingerprint density at radius 2 is 1.62 bits per heavy atom. The molecular formula is C31H34N6O2. The number of piperazine rings is 1. The monoisotopic (exact) mass is 522 g/mol. The van der Waals surface area contributed by atoms with Crippen molar-refractivity contribution in [2.24, 2.45) is 0 Å². The summed E-state index contributed by atoms with van der Waals surface area (Å²) in [6.45, 7) is 7.58. The summed E-state index contributed by atoms with van der Waals surface area (Å²) in [5, 5.41) is 12.1. The van der Waals surface area contributed by atoms with Crippen molar-refractivity contribution in [2.75, 3.05) is 44.2 Å². The molecule has 0 aliphatic carbocycles. The van der Waals surface area contributed by atoms with Gasteiger partial charge in [0.15, 0.2) is 0 Å². The number of aromatic nitrogens is 1. The number of carbonyl (C=O) groups is 2. The number of hydrogen-bond donors (Lipinski definition) is 1. The molecule has 0 radical (unpaired) electrons. The molecule has 8 heteroatoms. The number of pyridine rings is 1. The fraction of sp³-hybridized carbons (Fsp3) is 0.355. The lowest BCUT2D eigenvalue weighted by Crippen LogP contribution is -2.48. The number of piperidine rings is 1. The Hall–Kier alpha value is -4.22. The van der Waals surface area contributed by atoms with Crippen LogP contribution in [0.1, 0.15) is 50.4 Å². The molecular weight excluding hydrogens is 488 g/mol. The zero-order chi connectivity index (χ0) is 27.2. The van der Waals surface area contributed by atoms with Gasteiger partial charge in [-0.1, -0.05) is 29.8 Å². The second kappa shape index (κ2) is 12.1. The van der Waals surface area contributed by atoms with Gasteiger partial charge in [-0.3, -0.25) is 19.5 Å². The van der Waals surface area contributed by atoms with Crippen LogP contribution in [0.2, 0.25) is 0 Å². The lowest BCUT2D eigenvalue weighted by molar-refractivity contribution is 0.0745. The molecule has 8 nitrogen and oxygen atoms in total. The van der Waals surface area contributed by atoms with E-state index in [1.54, 1.807) is 12.1 Å². The van der Waals surface area contributed by atoms with E-state index in [1.807, 2.05) is 29.2 Å². The second-order valence-corrected chi connectivity index (χ2v) is 10.4. The highest BCUT2D eigenvalue weighted by molar-refractivity contribution is 5.96. The molecule has 2 aliphatic rings. The van der Waals surface area contributed by atoms with E-state index < -0.39 is 0 Å². The lowest BCUT2D eigenvalue weighted by Gasteiger charge is -2.36. The van der Waals surface area contributed by atoms with Crippen LogP contribution < -0.4 is 10.2 Å². The molecule has 0 bridgehead atoms. The van der Waals surface area contributed by atoms with E-state index in [0.29, 0.717) is 29.9 Å². The summed E-state index contributed by atoms with van der Waals surface area (Å²) in [5.74, 6) is -0.251. The fourth-order valence-corrected chi connectivity index (χ4v) is 5.20. The van der Waals surface area contributed by atoms with Crippen LogP contribution in [0.3, 0.4) is 0 Å². The molecule has 2 aliphatic heterocycles. The molecule has 39 heavy (non-hydrogen) atoms. The first-order valence-corrected chi connectivity index (χ1v) is 13.6. The van der Waals surface area contributed by atoms with Crippen molar-refractivity contribution in [1.29, 1.82) is 5.26 Å². The number of amides is 2. The van der Waals surface area contributed by atoms with Crippen LogP contribution in [0.15, 0.2) is 66.9 Å². The average Bonchev–Trinajstić information content (AvgIpc) is 2.99. The van der Waals surface area contributed by atoms with Crippen molar-refractivity contribution in [3.63, 3.8) is 0 Å². The molecule has 2 amide bonds. The zero-order valence-corrected chi connectivity index (χ0v) is 22.3. The molecule has 3 aromatic rings. The van der Waals surface area contributed by atoms with Crippen LogP contribution in [-0.4, -0.2) is 71.9 Å². The summed E-state index contributed by atoms with van der Waals surface area (Å²) in [5.41, 5.74) is 5.11. The molecule has 1 N–H and O–H groups in total. The van der Waals surface area contributed by atoms with Gasteiger partial charge in [-0.05, 0) is 61.7 Å². The Labute approximate surface area is 229 Å². The second-order valence-electron chi connectivity index (χ2n) is 10.4. The van der Waals surface area contributed by atoms with Gasteiger partial charge in [0.2, 0.25) is 0 Å². The first-order chi connectivity index (χ1) is 19.0. The van der Waals surface area contributed by atoms with Crippen molar-refractivity contribution in [3.05, 3.63) is 94.8 Å². The van der Waals surface area contributed by atoms with Crippen LogP contribution in [0.5, 0.6) is 0 Å². The van der Waals surface area contributed by atoms with Crippen molar-refractivity contribution in [2.45, 2.75) is 32.4 Å². The first kappa shape index (κ1) is 26.4. The predicted octanol–water partition coefficient (Wildman–Crippen LogP) is 3.62. The third kappa shape index (κ3) is 6.62. The highest BCUT2D eigenvalue weighted by Crippen LogP contribution is 2.19. The average molecular weight is 523 g/mol. The summed E-state index contributed by atoms with van der Waals surface area (Å²) in [4.78, 5) is 36.7. The number of rotatable bonds is 6. The quantitative estimate of drug-likeness (QED) is 0.532. The SMILES string of the molecule is Cc1ccc(N2CCN(C(=O)c3ccc(C(=O)NC4CCN(Cc5ccc(C#N)cc5)CC4)nc3)CC2)cc1. The molecule has 0 spiro atoms. The van der Waals surface area contributed by atoms with Crippen LogP contribution in [0.4, 0.5) is 5.69 Å². The molecule has 0 saturated carbocycles. The standard InChI is InChI=1S/C31H34N6O2/c1-23-2-9-28(10-3-23)36-16-18-37(19-17-36)31(39)26-8-11-29(33-21-26)30(38)34-27-12-14-35(15-13-27)22-25-6-4-24(20-32)5-7-25/h2-11,21,27H,12-19,22H2,1H3,(H,34,38). The van der Waals surface area contributed by atoms with Gasteiger partial charge in [-0.15, -0.1) is 0 Å². The Balaban J connectivity index is 1.07. The summed E-state index contributed by atoms with van der Waals surface area (Å²) >= 11 is 0. The summed E-state index contributed by atoms with van der Waals surface area (Å²) in [6.07, 6.45) is 3.25. The number of benzene rings is 2. The number of nitrogens with zero attached hydrogens (tertiary/aromatic N) is 5. The molecule has 3 heterocycles. The van der Waals surface area contributed by atoms with Crippen molar-refractivity contribution in [3.8, 4) is 6.07 Å². The first-order valence-electron chi connectivity index (χ1n) is 13.6. The van der Waals surface area contributed by atoms with E-state index >= 15 is 0 Å². The van der Waals surface area contributed by atoms with Gasteiger partial charge in [-0.25, -0.2) is 0 Å². The summed E-state index contributed by atoms with van der Waals surface area (Å²) < 4.78 is 0. The van der Waals surface area contributed by atoms with Crippen LogP contribution >= 0.6 is 0 Å². The Kier molecular flexibility index (Phi) is 8.18. The van der Waals surface area contributed by atoms with E-state index in [1.165, 1.54) is 23.0 Å². The van der Waals surface area contributed by atoms with Crippen molar-refractivity contribution in [1.82, 2.24) is 20.1 Å². The predicted molar refractivity (Wildman–Crippen MR) is 150 cm³/mol. The normalized spacial score (nSPS) is 16.5. The Morgan fingerprint density at radius 3 is 2.23 bits per heavy atom. The van der Waals surface area contributed by atoms with Gasteiger partial charge in [0.1, 0.15) is 5.69 Å². The maximum atomic E-state index is 13.0. The Bertz CT molecular complexity index is 1320. The number of nitriles is 1. The van der Waals surface area contributed by atoms with E-state index in [4.69, 9.17) is 5.26 Å². The summed E-state index contributed by atoms with van der Waals surface area (Å²) in [6, 6.07) is 21.8. The molecule has 0 unspecified atom stereocenters. The number of likely N-dealkylation sites (tertiary alicyclic amines) is 1. The molecule has 2 aromatic carbocycles.